The van der Waals surface area contributed by atoms with Gasteiger partial charge in [-0.3, -0.25) is 9.88 Å². The minimum atomic E-state index is -0.834. The number of benzene rings is 1. The van der Waals surface area contributed by atoms with Crippen LogP contribution in [0.5, 0.6) is 5.75 Å². The van der Waals surface area contributed by atoms with Gasteiger partial charge in [-0.25, -0.2) is 0 Å². The van der Waals surface area contributed by atoms with E-state index in [0.29, 0.717) is 6.42 Å². The van der Waals surface area contributed by atoms with Crippen LogP contribution in [0.25, 0.3) is 0 Å². The lowest BCUT2D eigenvalue weighted by atomic mass is 10.1. The minimum absolute atomic E-state index is 0.193. The summed E-state index contributed by atoms with van der Waals surface area (Å²) in [5.74, 6) is 1.30. The van der Waals surface area contributed by atoms with Crippen molar-refractivity contribution in [2.45, 2.75) is 26.3 Å². The molecule has 0 aliphatic rings. The maximum atomic E-state index is 11.4. The zero-order valence-electron chi connectivity index (χ0n) is 11.6. The minimum Gasteiger partial charge on any atom is -0.508 e. The Labute approximate surface area is 129 Å². The van der Waals surface area contributed by atoms with Crippen molar-refractivity contribution in [3.63, 3.8) is 0 Å². The zero-order chi connectivity index (χ0) is 15.0. The predicted molar refractivity (Wildman–Crippen MR) is 89.6 cm³/mol. The van der Waals surface area contributed by atoms with Crippen molar-refractivity contribution in [3.05, 3.63) is 29.8 Å². The van der Waals surface area contributed by atoms with Gasteiger partial charge in [-0.2, -0.15) is 0 Å². The number of phenols is 1. The first-order valence-corrected chi connectivity index (χ1v) is 10.9. The summed E-state index contributed by atoms with van der Waals surface area (Å²) in [7, 11) is 0. The molecule has 3 N–H and O–H groups in total. The number of rotatable bonds is 9. The van der Waals surface area contributed by atoms with E-state index >= 15 is 0 Å². The van der Waals surface area contributed by atoms with E-state index in [1.165, 1.54) is 0 Å². The highest BCUT2D eigenvalue weighted by Gasteiger charge is 2.22. The Morgan fingerprint density at radius 3 is 2.25 bits per heavy atom. The number of phenolic OH excluding ortho intramolecular Hbond substituents is 1. The number of nitrogens with one attached hydrogen (secondary N) is 1. The largest absolute Gasteiger partial charge is 0.508 e. The van der Waals surface area contributed by atoms with E-state index in [1.807, 2.05) is 0 Å². The molecular formula is C13H20NO3PS2. The van der Waals surface area contributed by atoms with E-state index in [1.54, 1.807) is 47.0 Å². The van der Waals surface area contributed by atoms with Gasteiger partial charge in [0.05, 0.1) is 6.48 Å². The van der Waals surface area contributed by atoms with Crippen molar-refractivity contribution >= 4 is 35.2 Å². The first kappa shape index (κ1) is 17.6. The third-order valence-corrected chi connectivity index (χ3v) is 9.42. The molecule has 0 amide bonds. The summed E-state index contributed by atoms with van der Waals surface area (Å²) in [6, 6.07) is 6.09. The van der Waals surface area contributed by atoms with Gasteiger partial charge in [0.25, 0.3) is 0 Å². The summed E-state index contributed by atoms with van der Waals surface area (Å²) in [4.78, 5) is 11.4. The summed E-state index contributed by atoms with van der Waals surface area (Å²) in [5, 5.41) is 21.9. The van der Waals surface area contributed by atoms with Crippen molar-refractivity contribution in [1.82, 2.24) is 5.09 Å². The van der Waals surface area contributed by atoms with E-state index in [4.69, 9.17) is 0 Å². The van der Waals surface area contributed by atoms with E-state index < -0.39 is 18.5 Å². The fourth-order valence-corrected chi connectivity index (χ4v) is 8.09. The van der Waals surface area contributed by atoms with Crippen LogP contribution in [-0.4, -0.2) is 33.7 Å². The van der Waals surface area contributed by atoms with Crippen molar-refractivity contribution in [1.29, 1.82) is 0 Å². The molecule has 0 aliphatic heterocycles. The fraction of sp³-hybridized carbons (Fsp3) is 0.462. The number of hydrogen-bond donors (Lipinski definition) is 3. The van der Waals surface area contributed by atoms with Crippen LogP contribution in [0, 0.1) is 0 Å². The third-order valence-electron chi connectivity index (χ3n) is 2.43. The monoisotopic (exact) mass is 333 g/mol. The second-order valence-electron chi connectivity index (χ2n) is 3.98. The third kappa shape index (κ3) is 6.35. The zero-order valence-corrected chi connectivity index (χ0v) is 14.1. The molecule has 1 atom stereocenters. The molecule has 0 aliphatic carbocycles. The predicted octanol–water partition coefficient (Wildman–Crippen LogP) is 3.71. The van der Waals surface area contributed by atoms with Crippen molar-refractivity contribution in [2.24, 2.45) is 0 Å². The maximum Gasteiger partial charge on any atom is 0.321 e. The lowest BCUT2D eigenvalue weighted by Crippen LogP contribution is -2.34. The molecule has 0 fully saturated rings. The molecule has 0 heterocycles. The van der Waals surface area contributed by atoms with E-state index in [-0.39, 0.29) is 5.75 Å². The quantitative estimate of drug-likeness (QED) is 0.599. The molecule has 1 aromatic rings. The van der Waals surface area contributed by atoms with Crippen molar-refractivity contribution in [3.8, 4) is 5.75 Å². The average molecular weight is 333 g/mol. The molecule has 1 unspecified atom stereocenters. The van der Waals surface area contributed by atoms with Crippen molar-refractivity contribution < 1.29 is 15.0 Å². The molecule has 0 aromatic heterocycles. The average Bonchev–Trinajstić information content (AvgIpc) is 2.41. The van der Waals surface area contributed by atoms with E-state index in [0.717, 1.165) is 17.1 Å². The van der Waals surface area contributed by atoms with Crippen LogP contribution >= 0.6 is 29.2 Å². The molecule has 1 rings (SSSR count). The Kier molecular flexibility index (Phi) is 8.38. The number of hydrogen-bond acceptors (Lipinski definition) is 5. The van der Waals surface area contributed by atoms with Gasteiger partial charge in [0, 0.05) is 0 Å². The second kappa shape index (κ2) is 9.50. The van der Waals surface area contributed by atoms with Crippen LogP contribution in [-0.2, 0) is 11.2 Å². The Bertz CT molecular complexity index is 411. The molecule has 0 radical (unpaired) electrons. The number of carboxylic acids is 1. The highest BCUT2D eigenvalue weighted by atomic mass is 33.1. The smallest absolute Gasteiger partial charge is 0.321 e. The normalized spacial score (nSPS) is 12.6. The molecule has 0 saturated heterocycles. The van der Waals surface area contributed by atoms with Crippen LogP contribution in [0.4, 0.5) is 0 Å². The van der Waals surface area contributed by atoms with Crippen LogP contribution in [0.3, 0.4) is 0 Å². The van der Waals surface area contributed by atoms with Gasteiger partial charge >= 0.3 is 5.97 Å². The number of aromatic hydroxyl groups is 1. The highest BCUT2D eigenvalue weighted by Crippen LogP contribution is 2.57. The van der Waals surface area contributed by atoms with Gasteiger partial charge in [0.15, 0.2) is 0 Å². The molecule has 112 valence electrons. The molecular weight excluding hydrogens is 313 g/mol. The summed E-state index contributed by atoms with van der Waals surface area (Å²) in [6.45, 7) is 3.57. The van der Waals surface area contributed by atoms with Crippen LogP contribution in [0.1, 0.15) is 19.4 Å². The molecule has 0 bridgehead atoms. The lowest BCUT2D eigenvalue weighted by molar-refractivity contribution is -0.138. The molecule has 20 heavy (non-hydrogen) atoms. The van der Waals surface area contributed by atoms with Gasteiger partial charge in [0.1, 0.15) is 11.8 Å². The molecule has 0 saturated carbocycles. The van der Waals surface area contributed by atoms with Crippen LogP contribution in [0.2, 0.25) is 0 Å². The first-order chi connectivity index (χ1) is 9.56. The van der Waals surface area contributed by atoms with Crippen LogP contribution in [0.15, 0.2) is 24.3 Å². The molecule has 4 nitrogen and oxygen atoms in total. The van der Waals surface area contributed by atoms with E-state index in [9.17, 15) is 15.0 Å². The van der Waals surface area contributed by atoms with Gasteiger partial charge in [-0.05, 0) is 35.6 Å². The topological polar surface area (TPSA) is 69.6 Å². The van der Waals surface area contributed by atoms with E-state index in [2.05, 4.69) is 18.9 Å². The summed E-state index contributed by atoms with van der Waals surface area (Å²) in [5.41, 5.74) is 0.903. The number of carbonyl (C=O) groups is 1. The number of carboxylic acid groups (broad SMARTS) is 1. The first-order valence-electron chi connectivity index (χ1n) is 6.39. The Morgan fingerprint density at radius 2 is 1.80 bits per heavy atom. The Morgan fingerprint density at radius 1 is 1.25 bits per heavy atom. The van der Waals surface area contributed by atoms with Crippen molar-refractivity contribution in [2.75, 3.05) is 11.5 Å². The van der Waals surface area contributed by atoms with Crippen LogP contribution < -0.4 is 5.09 Å². The van der Waals surface area contributed by atoms with Gasteiger partial charge < -0.3 is 10.2 Å². The molecule has 0 spiro atoms. The summed E-state index contributed by atoms with van der Waals surface area (Å²) < 4.78 is 0. The standard InChI is InChI=1S/C13H20NO3PS2/c1-3-19-18(20-4-2)14-12(13(16)17)9-10-5-7-11(15)8-6-10/h5-8,12,14-15H,3-4,9H2,1-2H3,(H,16,17). The number of aliphatic carboxylic acids is 1. The summed E-state index contributed by atoms with van der Waals surface area (Å²) in [6.07, 6.45) is 0.420. The molecule has 7 heteroatoms. The second-order valence-corrected chi connectivity index (χ2v) is 10.9. The SMILES string of the molecule is CCSP(NC(Cc1ccc(O)cc1)C(=O)O)SCC. The maximum absolute atomic E-state index is 11.4. The van der Waals surface area contributed by atoms with Gasteiger partial charge in [-0.1, -0.05) is 26.0 Å². The Balaban J connectivity index is 2.67. The molecule has 1 aromatic carbocycles. The fourth-order valence-electron chi connectivity index (χ4n) is 1.53. The lowest BCUT2D eigenvalue weighted by Gasteiger charge is -2.21. The summed E-state index contributed by atoms with van der Waals surface area (Å²) >= 11 is 3.55. The van der Waals surface area contributed by atoms with Gasteiger partial charge in [0.2, 0.25) is 0 Å². The Hall–Kier alpha value is -0.420. The van der Waals surface area contributed by atoms with Gasteiger partial charge in [-0.15, -0.1) is 22.8 Å². The highest BCUT2D eigenvalue weighted by molar-refractivity contribution is 8.87.